The van der Waals surface area contributed by atoms with Gasteiger partial charge in [-0.05, 0) is 25.8 Å². The summed E-state index contributed by atoms with van der Waals surface area (Å²) in [6.45, 7) is 4.90. The molecule has 0 aliphatic heterocycles. The number of hydrogen-bond donors (Lipinski definition) is 0. The summed E-state index contributed by atoms with van der Waals surface area (Å²) >= 11 is 0. The predicted octanol–water partition coefficient (Wildman–Crippen LogP) is 3.71. The van der Waals surface area contributed by atoms with Crippen molar-refractivity contribution in [3.63, 3.8) is 0 Å². The molecule has 1 atom stereocenters. The molecule has 0 saturated heterocycles. The Kier molecular flexibility index (Phi) is 7.00. The Morgan fingerprint density at radius 3 is 2.05 bits per heavy atom. The lowest BCUT2D eigenvalue weighted by Crippen LogP contribution is -2.28. The second kappa shape index (κ2) is 8.50. The third kappa shape index (κ3) is 5.25. The number of unbranched alkanes of at least 4 members (excludes halogenated alkanes) is 1. The van der Waals surface area contributed by atoms with E-state index in [-0.39, 0.29) is 29.7 Å². The van der Waals surface area contributed by atoms with E-state index >= 15 is 0 Å². The van der Waals surface area contributed by atoms with E-state index in [9.17, 15) is 14.4 Å². The van der Waals surface area contributed by atoms with Gasteiger partial charge in [0.25, 0.3) is 0 Å². The molecule has 0 aromatic heterocycles. The highest BCUT2D eigenvalue weighted by Crippen LogP contribution is 2.30. The molecule has 0 amide bonds. The summed E-state index contributed by atoms with van der Waals surface area (Å²) in [6, 6.07) is 9.40. The maximum absolute atomic E-state index is 12.1. The van der Waals surface area contributed by atoms with Crippen molar-refractivity contribution < 1.29 is 14.4 Å². The minimum absolute atomic E-state index is 0.123. The van der Waals surface area contributed by atoms with Crippen molar-refractivity contribution in [3.8, 4) is 0 Å². The van der Waals surface area contributed by atoms with Gasteiger partial charge in [-0.1, -0.05) is 43.7 Å². The molecule has 0 aliphatic rings. The van der Waals surface area contributed by atoms with Gasteiger partial charge < -0.3 is 0 Å². The Balaban J connectivity index is 3.02. The molecule has 1 aromatic carbocycles. The first-order valence-electron chi connectivity index (χ1n) is 7.54. The second-order valence-electron chi connectivity index (χ2n) is 5.56. The van der Waals surface area contributed by atoms with Gasteiger partial charge in [-0.3, -0.25) is 14.4 Å². The minimum atomic E-state index is -0.724. The van der Waals surface area contributed by atoms with E-state index < -0.39 is 5.92 Å². The number of carbonyl (C=O) groups is 3. The number of carbonyl (C=O) groups excluding carboxylic acids is 3. The zero-order valence-electron chi connectivity index (χ0n) is 13.1. The number of Topliss-reactive ketones (excluding diaryl/α,β-unsaturated/α-hetero) is 3. The summed E-state index contributed by atoms with van der Waals surface area (Å²) in [4.78, 5) is 35.8. The maximum Gasteiger partial charge on any atom is 0.140 e. The monoisotopic (exact) mass is 288 g/mol. The summed E-state index contributed by atoms with van der Waals surface area (Å²) in [5, 5.41) is 0. The van der Waals surface area contributed by atoms with Crippen molar-refractivity contribution in [2.24, 2.45) is 5.92 Å². The summed E-state index contributed by atoms with van der Waals surface area (Å²) in [6.07, 6.45) is 2.59. The third-order valence-electron chi connectivity index (χ3n) is 3.76. The molecule has 1 unspecified atom stereocenters. The quantitative estimate of drug-likeness (QED) is 0.651. The molecule has 0 fully saturated rings. The molecular weight excluding hydrogens is 264 g/mol. The smallest absolute Gasteiger partial charge is 0.140 e. The lowest BCUT2D eigenvalue weighted by Gasteiger charge is -2.23. The highest BCUT2D eigenvalue weighted by atomic mass is 16.2. The topological polar surface area (TPSA) is 51.2 Å². The summed E-state index contributed by atoms with van der Waals surface area (Å²) in [5.41, 5.74) is 0.887. The molecule has 0 spiro atoms. The maximum atomic E-state index is 12.1. The summed E-state index contributed by atoms with van der Waals surface area (Å²) < 4.78 is 0. The van der Waals surface area contributed by atoms with Crippen LogP contribution in [0.2, 0.25) is 0 Å². The molecule has 0 aliphatic carbocycles. The number of hydrogen-bond acceptors (Lipinski definition) is 3. The van der Waals surface area contributed by atoms with Gasteiger partial charge in [-0.25, -0.2) is 0 Å². The van der Waals surface area contributed by atoms with Crippen LogP contribution < -0.4 is 0 Å². The Morgan fingerprint density at radius 2 is 1.57 bits per heavy atom. The lowest BCUT2D eigenvalue weighted by molar-refractivity contribution is -0.131. The zero-order valence-corrected chi connectivity index (χ0v) is 13.1. The molecule has 0 bridgehead atoms. The van der Waals surface area contributed by atoms with E-state index in [1.807, 2.05) is 37.3 Å². The van der Waals surface area contributed by atoms with Gasteiger partial charge in [0.1, 0.15) is 17.3 Å². The van der Waals surface area contributed by atoms with Crippen molar-refractivity contribution in [1.29, 1.82) is 0 Å². The predicted molar refractivity (Wildman–Crippen MR) is 83.2 cm³/mol. The molecule has 3 heteroatoms. The van der Waals surface area contributed by atoms with Crippen LogP contribution in [-0.2, 0) is 14.4 Å². The molecule has 114 valence electrons. The van der Waals surface area contributed by atoms with Gasteiger partial charge in [-0.2, -0.15) is 0 Å². The third-order valence-corrected chi connectivity index (χ3v) is 3.76. The van der Waals surface area contributed by atoms with Crippen LogP contribution in [0.25, 0.3) is 0 Å². The molecule has 3 nitrogen and oxygen atoms in total. The van der Waals surface area contributed by atoms with Crippen LogP contribution in [0.4, 0.5) is 0 Å². The first kappa shape index (κ1) is 17.3. The van der Waals surface area contributed by atoms with E-state index in [1.54, 1.807) is 0 Å². The average Bonchev–Trinajstić information content (AvgIpc) is 2.44. The Bertz CT molecular complexity index is 476. The van der Waals surface area contributed by atoms with E-state index in [1.165, 1.54) is 13.8 Å². The number of benzene rings is 1. The van der Waals surface area contributed by atoms with Gasteiger partial charge in [-0.15, -0.1) is 0 Å². The second-order valence-corrected chi connectivity index (χ2v) is 5.56. The van der Waals surface area contributed by atoms with Crippen LogP contribution in [0.3, 0.4) is 0 Å². The minimum Gasteiger partial charge on any atom is -0.300 e. The van der Waals surface area contributed by atoms with Gasteiger partial charge in [0, 0.05) is 18.8 Å². The van der Waals surface area contributed by atoms with Crippen molar-refractivity contribution in [3.05, 3.63) is 35.9 Å². The first-order chi connectivity index (χ1) is 9.97. The molecule has 0 heterocycles. The van der Waals surface area contributed by atoms with Gasteiger partial charge >= 0.3 is 0 Å². The molecule has 0 radical (unpaired) electrons. The SMILES string of the molecule is CCCCC(=O)CC(c1ccccc1)C(C(C)=O)C(C)=O. The van der Waals surface area contributed by atoms with Crippen LogP contribution in [0.5, 0.6) is 0 Å². The highest BCUT2D eigenvalue weighted by Gasteiger charge is 2.32. The van der Waals surface area contributed by atoms with Crippen molar-refractivity contribution in [2.45, 2.75) is 52.4 Å². The standard InChI is InChI=1S/C18H24O3/c1-4-5-11-16(21)12-17(15-9-7-6-8-10-15)18(13(2)19)14(3)20/h6-10,17-18H,4-5,11-12H2,1-3H3. The van der Waals surface area contributed by atoms with Crippen LogP contribution in [0.1, 0.15) is 57.9 Å². The van der Waals surface area contributed by atoms with Gasteiger partial charge in [0.2, 0.25) is 0 Å². The van der Waals surface area contributed by atoms with Crippen LogP contribution in [0, 0.1) is 5.92 Å². The molecule has 0 N–H and O–H groups in total. The van der Waals surface area contributed by atoms with Gasteiger partial charge in [0.05, 0.1) is 5.92 Å². The Hall–Kier alpha value is -1.77. The molecule has 1 rings (SSSR count). The van der Waals surface area contributed by atoms with E-state index in [0.29, 0.717) is 6.42 Å². The summed E-state index contributed by atoms with van der Waals surface area (Å²) in [7, 11) is 0. The normalized spacial score (nSPS) is 12.2. The van der Waals surface area contributed by atoms with Crippen molar-refractivity contribution in [2.75, 3.05) is 0 Å². The molecule has 0 saturated carbocycles. The fourth-order valence-corrected chi connectivity index (χ4v) is 2.70. The fraction of sp³-hybridized carbons (Fsp3) is 0.500. The Labute approximate surface area is 126 Å². The van der Waals surface area contributed by atoms with Crippen molar-refractivity contribution >= 4 is 17.3 Å². The van der Waals surface area contributed by atoms with E-state index in [0.717, 1.165) is 18.4 Å². The van der Waals surface area contributed by atoms with Crippen molar-refractivity contribution in [1.82, 2.24) is 0 Å². The number of ketones is 3. The lowest BCUT2D eigenvalue weighted by atomic mass is 9.78. The molecule has 21 heavy (non-hydrogen) atoms. The van der Waals surface area contributed by atoms with E-state index in [2.05, 4.69) is 0 Å². The van der Waals surface area contributed by atoms with Crippen LogP contribution >= 0.6 is 0 Å². The largest absolute Gasteiger partial charge is 0.300 e. The highest BCUT2D eigenvalue weighted by molar-refractivity contribution is 6.01. The Morgan fingerprint density at radius 1 is 1.00 bits per heavy atom. The van der Waals surface area contributed by atoms with E-state index in [4.69, 9.17) is 0 Å². The molecule has 1 aromatic rings. The van der Waals surface area contributed by atoms with Crippen LogP contribution in [0.15, 0.2) is 30.3 Å². The number of rotatable bonds is 9. The van der Waals surface area contributed by atoms with Crippen LogP contribution in [-0.4, -0.2) is 17.3 Å². The summed E-state index contributed by atoms with van der Waals surface area (Å²) in [5.74, 6) is -1.28. The zero-order chi connectivity index (χ0) is 15.8. The fourth-order valence-electron chi connectivity index (χ4n) is 2.70. The molecular formula is C18H24O3. The average molecular weight is 288 g/mol. The first-order valence-corrected chi connectivity index (χ1v) is 7.54. The van der Waals surface area contributed by atoms with Gasteiger partial charge in [0.15, 0.2) is 0 Å².